The van der Waals surface area contributed by atoms with Crippen LogP contribution in [0.3, 0.4) is 0 Å². The van der Waals surface area contributed by atoms with Gasteiger partial charge in [-0.15, -0.1) is 0 Å². The Morgan fingerprint density at radius 2 is 2.25 bits per heavy atom. The fraction of sp³-hybridized carbons (Fsp3) is 0.125. The highest BCUT2D eigenvalue weighted by Crippen LogP contribution is 1.95. The first-order chi connectivity index (χ1) is 5.68. The molecule has 0 aromatic carbocycles. The van der Waals surface area contributed by atoms with E-state index in [9.17, 15) is 4.79 Å². The topological polar surface area (TPSA) is 63.1 Å². The van der Waals surface area contributed by atoms with Gasteiger partial charge < -0.3 is 5.11 Å². The van der Waals surface area contributed by atoms with Gasteiger partial charge in [-0.3, -0.25) is 9.97 Å². The van der Waals surface area contributed by atoms with Crippen molar-refractivity contribution in [3.8, 4) is 0 Å². The van der Waals surface area contributed by atoms with Crippen molar-refractivity contribution >= 4 is 12.0 Å². The fourth-order valence-corrected chi connectivity index (χ4v) is 0.645. The highest BCUT2D eigenvalue weighted by atomic mass is 16.4. The number of rotatable bonds is 2. The van der Waals surface area contributed by atoms with E-state index in [1.807, 2.05) is 6.92 Å². The summed E-state index contributed by atoms with van der Waals surface area (Å²) in [5.41, 5.74) is 1.35. The molecule has 0 radical (unpaired) electrons. The van der Waals surface area contributed by atoms with E-state index in [1.54, 1.807) is 6.20 Å². The monoisotopic (exact) mass is 164 g/mol. The van der Waals surface area contributed by atoms with Gasteiger partial charge in [0.05, 0.1) is 17.6 Å². The van der Waals surface area contributed by atoms with Crippen LogP contribution in [0.4, 0.5) is 0 Å². The lowest BCUT2D eigenvalue weighted by Crippen LogP contribution is -1.89. The molecule has 0 amide bonds. The van der Waals surface area contributed by atoms with Crippen LogP contribution in [0.1, 0.15) is 11.4 Å². The summed E-state index contributed by atoms with van der Waals surface area (Å²) in [5, 5.41) is 8.29. The maximum Gasteiger partial charge on any atom is 0.328 e. The molecule has 0 unspecified atom stereocenters. The average Bonchev–Trinajstić information content (AvgIpc) is 2.03. The molecule has 1 rings (SSSR count). The minimum absolute atomic E-state index is 0.544. The summed E-state index contributed by atoms with van der Waals surface area (Å²) in [4.78, 5) is 18.0. The predicted molar refractivity (Wildman–Crippen MR) is 43.4 cm³/mol. The zero-order valence-corrected chi connectivity index (χ0v) is 6.56. The Labute approximate surface area is 69.6 Å². The third-order valence-corrected chi connectivity index (χ3v) is 1.20. The SMILES string of the molecule is Cc1cnc(/C=C/C(=O)O)cn1. The molecule has 4 nitrogen and oxygen atoms in total. The van der Waals surface area contributed by atoms with E-state index >= 15 is 0 Å². The Bertz CT molecular complexity index is 303. The van der Waals surface area contributed by atoms with Crippen LogP contribution in [0.15, 0.2) is 18.5 Å². The van der Waals surface area contributed by atoms with E-state index < -0.39 is 5.97 Å². The standard InChI is InChI=1S/C8H8N2O2/c1-6-4-10-7(5-9-6)2-3-8(11)12/h2-5H,1H3,(H,11,12)/b3-2+. The molecule has 1 N–H and O–H groups in total. The number of hydrogen-bond donors (Lipinski definition) is 1. The summed E-state index contributed by atoms with van der Waals surface area (Å²) in [7, 11) is 0. The van der Waals surface area contributed by atoms with Gasteiger partial charge >= 0.3 is 5.97 Å². The van der Waals surface area contributed by atoms with Crippen LogP contribution >= 0.6 is 0 Å². The van der Waals surface area contributed by atoms with Crippen LogP contribution in [0.2, 0.25) is 0 Å². The highest BCUT2D eigenvalue weighted by Gasteiger charge is 1.90. The van der Waals surface area contributed by atoms with Crippen molar-refractivity contribution in [2.75, 3.05) is 0 Å². The molecular formula is C8H8N2O2. The highest BCUT2D eigenvalue weighted by molar-refractivity contribution is 5.84. The molecule has 1 heterocycles. The smallest absolute Gasteiger partial charge is 0.328 e. The third kappa shape index (κ3) is 2.49. The van der Waals surface area contributed by atoms with Gasteiger partial charge in [-0.05, 0) is 13.0 Å². The lowest BCUT2D eigenvalue weighted by Gasteiger charge is -1.91. The number of aromatic nitrogens is 2. The maximum atomic E-state index is 10.1. The average molecular weight is 164 g/mol. The molecule has 0 aliphatic heterocycles. The van der Waals surface area contributed by atoms with E-state index in [2.05, 4.69) is 9.97 Å². The minimum atomic E-state index is -0.989. The Balaban J connectivity index is 2.77. The van der Waals surface area contributed by atoms with Crippen LogP contribution in [0.25, 0.3) is 6.08 Å². The number of hydrogen-bond acceptors (Lipinski definition) is 3. The lowest BCUT2D eigenvalue weighted by molar-refractivity contribution is -0.131. The van der Waals surface area contributed by atoms with E-state index in [4.69, 9.17) is 5.11 Å². The molecule has 0 aliphatic carbocycles. The first-order valence-corrected chi connectivity index (χ1v) is 3.38. The molecule has 0 saturated carbocycles. The van der Waals surface area contributed by atoms with Crippen molar-refractivity contribution in [1.82, 2.24) is 9.97 Å². The van der Waals surface area contributed by atoms with Crippen LogP contribution in [0.5, 0.6) is 0 Å². The second-order valence-corrected chi connectivity index (χ2v) is 2.25. The predicted octanol–water partition coefficient (Wildman–Crippen LogP) is 0.883. The van der Waals surface area contributed by atoms with E-state index in [0.29, 0.717) is 5.69 Å². The van der Waals surface area contributed by atoms with Gasteiger partial charge in [-0.1, -0.05) is 0 Å². The largest absolute Gasteiger partial charge is 0.478 e. The van der Waals surface area contributed by atoms with E-state index in [-0.39, 0.29) is 0 Å². The van der Waals surface area contributed by atoms with Crippen molar-refractivity contribution < 1.29 is 9.90 Å². The molecule has 12 heavy (non-hydrogen) atoms. The molecule has 1 aromatic rings. The number of nitrogens with zero attached hydrogens (tertiary/aromatic N) is 2. The molecule has 0 bridgehead atoms. The van der Waals surface area contributed by atoms with Crippen LogP contribution in [0, 0.1) is 6.92 Å². The second-order valence-electron chi connectivity index (χ2n) is 2.25. The van der Waals surface area contributed by atoms with Crippen LogP contribution in [-0.2, 0) is 4.79 Å². The summed E-state index contributed by atoms with van der Waals surface area (Å²) in [6.45, 7) is 1.82. The van der Waals surface area contributed by atoms with Crippen molar-refractivity contribution in [3.63, 3.8) is 0 Å². The molecule has 4 heteroatoms. The molecule has 62 valence electrons. The van der Waals surface area contributed by atoms with E-state index in [1.165, 1.54) is 12.3 Å². The van der Waals surface area contributed by atoms with Gasteiger partial charge in [0.15, 0.2) is 0 Å². The Morgan fingerprint density at radius 3 is 2.75 bits per heavy atom. The van der Waals surface area contributed by atoms with Gasteiger partial charge in [-0.25, -0.2) is 4.79 Å². The third-order valence-electron chi connectivity index (χ3n) is 1.20. The van der Waals surface area contributed by atoms with Gasteiger partial charge in [0.1, 0.15) is 0 Å². The summed E-state index contributed by atoms with van der Waals surface area (Å²) in [5.74, 6) is -0.989. The summed E-state index contributed by atoms with van der Waals surface area (Å²) in [6, 6.07) is 0. The van der Waals surface area contributed by atoms with Crippen molar-refractivity contribution in [2.45, 2.75) is 6.92 Å². The summed E-state index contributed by atoms with van der Waals surface area (Å²) in [6.07, 6.45) is 5.53. The van der Waals surface area contributed by atoms with Gasteiger partial charge in [-0.2, -0.15) is 0 Å². The van der Waals surface area contributed by atoms with Crippen molar-refractivity contribution in [2.24, 2.45) is 0 Å². The number of aliphatic carboxylic acids is 1. The van der Waals surface area contributed by atoms with Crippen molar-refractivity contribution in [1.29, 1.82) is 0 Å². The second kappa shape index (κ2) is 3.61. The molecule has 0 fully saturated rings. The Hall–Kier alpha value is -1.71. The van der Waals surface area contributed by atoms with Gasteiger partial charge in [0.25, 0.3) is 0 Å². The van der Waals surface area contributed by atoms with Crippen molar-refractivity contribution in [3.05, 3.63) is 29.9 Å². The Morgan fingerprint density at radius 1 is 1.50 bits per heavy atom. The normalized spacial score (nSPS) is 10.4. The molecule has 1 aromatic heterocycles. The Kier molecular flexibility index (Phi) is 2.53. The molecule has 0 saturated heterocycles. The van der Waals surface area contributed by atoms with Gasteiger partial charge in [0, 0.05) is 12.3 Å². The van der Waals surface area contributed by atoms with Crippen LogP contribution < -0.4 is 0 Å². The maximum absolute atomic E-state index is 10.1. The number of carbonyl (C=O) groups is 1. The summed E-state index contributed by atoms with van der Waals surface area (Å²) < 4.78 is 0. The molecule has 0 spiro atoms. The quantitative estimate of drug-likeness (QED) is 0.659. The molecular weight excluding hydrogens is 156 g/mol. The first kappa shape index (κ1) is 8.39. The fourth-order valence-electron chi connectivity index (χ4n) is 0.645. The van der Waals surface area contributed by atoms with Crippen LogP contribution in [-0.4, -0.2) is 21.0 Å². The van der Waals surface area contributed by atoms with Gasteiger partial charge in [0.2, 0.25) is 0 Å². The number of carboxylic acids is 1. The summed E-state index contributed by atoms with van der Waals surface area (Å²) >= 11 is 0. The minimum Gasteiger partial charge on any atom is -0.478 e. The molecule has 0 aliphatic rings. The lowest BCUT2D eigenvalue weighted by atomic mass is 10.4. The first-order valence-electron chi connectivity index (χ1n) is 3.38. The number of carboxylic acid groups (broad SMARTS) is 1. The van der Waals surface area contributed by atoms with E-state index in [0.717, 1.165) is 11.8 Å². The zero-order valence-electron chi connectivity index (χ0n) is 6.56. The number of aryl methyl sites for hydroxylation is 1. The molecule has 0 atom stereocenters. The zero-order chi connectivity index (χ0) is 8.97.